The summed E-state index contributed by atoms with van der Waals surface area (Å²) in [6, 6.07) is 0. The van der Waals surface area contributed by atoms with Crippen LogP contribution in [0.5, 0.6) is 0 Å². The zero-order valence-corrected chi connectivity index (χ0v) is 8.57. The molecule has 0 fully saturated rings. The molecule has 0 radical (unpaired) electrons. The average Bonchev–Trinajstić information content (AvgIpc) is 2.46. The van der Waals surface area contributed by atoms with Gasteiger partial charge < -0.3 is 0 Å². The lowest BCUT2D eigenvalue weighted by molar-refractivity contribution is 0.718. The van der Waals surface area contributed by atoms with Crippen LogP contribution in [0.2, 0.25) is 0 Å². The molecule has 1 heterocycles. The van der Waals surface area contributed by atoms with Crippen molar-refractivity contribution in [3.8, 4) is 6.19 Å². The molecule has 3 nitrogen and oxygen atoms in total. The molecule has 0 atom stereocenters. The largest absolute Gasteiger partial charge is 0.240 e. The molecule has 3 heteroatoms. The van der Waals surface area contributed by atoms with Crippen molar-refractivity contribution in [1.82, 2.24) is 9.55 Å². The van der Waals surface area contributed by atoms with Gasteiger partial charge in [-0.2, -0.15) is 5.26 Å². The quantitative estimate of drug-likeness (QED) is 0.696. The third kappa shape index (κ3) is 1.72. The smallest absolute Gasteiger partial charge is 0.190 e. The molecule has 1 aromatic heterocycles. The maximum atomic E-state index is 8.96. The molecule has 1 aromatic rings. The Bertz CT molecular complexity index is 303. The Morgan fingerprint density at radius 2 is 1.92 bits per heavy atom. The third-order valence-corrected chi connectivity index (χ3v) is 2.02. The van der Waals surface area contributed by atoms with E-state index < -0.39 is 0 Å². The van der Waals surface area contributed by atoms with Crippen LogP contribution in [0.4, 0.5) is 0 Å². The van der Waals surface area contributed by atoms with Gasteiger partial charge in [0, 0.05) is 12.1 Å². The van der Waals surface area contributed by atoms with E-state index in [4.69, 9.17) is 5.26 Å². The number of hydrogen-bond acceptors (Lipinski definition) is 2. The Balaban J connectivity index is 3.21. The van der Waals surface area contributed by atoms with Gasteiger partial charge >= 0.3 is 0 Å². The summed E-state index contributed by atoms with van der Waals surface area (Å²) in [6.45, 7) is 8.21. The van der Waals surface area contributed by atoms with Crippen LogP contribution in [0, 0.1) is 11.5 Å². The lowest BCUT2D eigenvalue weighted by Gasteiger charge is -2.07. The van der Waals surface area contributed by atoms with Gasteiger partial charge in [0.2, 0.25) is 0 Å². The topological polar surface area (TPSA) is 41.6 Å². The van der Waals surface area contributed by atoms with Crippen LogP contribution in [0.1, 0.15) is 51.0 Å². The summed E-state index contributed by atoms with van der Waals surface area (Å²) in [5.41, 5.74) is 0.992. The fourth-order valence-corrected chi connectivity index (χ4v) is 1.30. The highest BCUT2D eigenvalue weighted by Crippen LogP contribution is 2.19. The van der Waals surface area contributed by atoms with Gasteiger partial charge in [-0.15, -0.1) is 0 Å². The van der Waals surface area contributed by atoms with Gasteiger partial charge in [0.25, 0.3) is 0 Å². The molecule has 0 aliphatic carbocycles. The fourth-order valence-electron chi connectivity index (χ4n) is 1.30. The summed E-state index contributed by atoms with van der Waals surface area (Å²) >= 11 is 0. The van der Waals surface area contributed by atoms with Crippen molar-refractivity contribution in [1.29, 1.82) is 5.26 Å². The highest BCUT2D eigenvalue weighted by atomic mass is 15.1. The maximum absolute atomic E-state index is 8.96. The lowest BCUT2D eigenvalue weighted by Crippen LogP contribution is -2.04. The summed E-state index contributed by atoms with van der Waals surface area (Å²) < 4.78 is 1.63. The van der Waals surface area contributed by atoms with Gasteiger partial charge in [-0.05, 0) is 5.92 Å². The normalized spacial score (nSPS) is 10.8. The van der Waals surface area contributed by atoms with E-state index in [0.717, 1.165) is 11.5 Å². The zero-order valence-electron chi connectivity index (χ0n) is 8.57. The van der Waals surface area contributed by atoms with Crippen molar-refractivity contribution in [3.05, 3.63) is 17.7 Å². The Hall–Kier alpha value is -1.30. The molecule has 0 spiro atoms. The average molecular weight is 177 g/mol. The summed E-state index contributed by atoms with van der Waals surface area (Å²) in [5, 5.41) is 8.96. The van der Waals surface area contributed by atoms with E-state index in [9.17, 15) is 0 Å². The first-order chi connectivity index (χ1) is 6.07. The predicted octanol–water partition coefficient (Wildman–Crippen LogP) is 2.46. The molecule has 0 aliphatic rings. The first kappa shape index (κ1) is 9.79. The molecule has 0 amide bonds. The molecule has 0 saturated carbocycles. The molecule has 0 saturated heterocycles. The van der Waals surface area contributed by atoms with Crippen LogP contribution in [-0.2, 0) is 0 Å². The molecule has 0 aliphatic heterocycles. The molecule has 1 rings (SSSR count). The van der Waals surface area contributed by atoms with Crippen LogP contribution in [-0.4, -0.2) is 9.55 Å². The Labute approximate surface area is 79.0 Å². The van der Waals surface area contributed by atoms with Gasteiger partial charge in [0.1, 0.15) is 5.82 Å². The van der Waals surface area contributed by atoms with Gasteiger partial charge in [-0.1, -0.05) is 27.7 Å². The monoisotopic (exact) mass is 177 g/mol. The number of nitriles is 1. The molecule has 13 heavy (non-hydrogen) atoms. The second-order valence-electron chi connectivity index (χ2n) is 3.79. The minimum Gasteiger partial charge on any atom is -0.240 e. The standard InChI is InChI=1S/C10H15N3/c1-7(2)9-5-12-10(8(3)4)13(9)6-11/h5,7-8H,1-4H3. The molecular weight excluding hydrogens is 162 g/mol. The molecule has 0 N–H and O–H groups in total. The Morgan fingerprint density at radius 1 is 1.31 bits per heavy atom. The molecule has 0 unspecified atom stereocenters. The van der Waals surface area contributed by atoms with E-state index in [1.807, 2.05) is 13.8 Å². The van der Waals surface area contributed by atoms with Crippen molar-refractivity contribution in [2.75, 3.05) is 0 Å². The van der Waals surface area contributed by atoms with Crippen molar-refractivity contribution in [3.63, 3.8) is 0 Å². The molecular formula is C10H15N3. The van der Waals surface area contributed by atoms with Crippen LogP contribution in [0.15, 0.2) is 6.20 Å². The summed E-state index contributed by atoms with van der Waals surface area (Å²) in [5.74, 6) is 1.50. The highest BCUT2D eigenvalue weighted by Gasteiger charge is 2.14. The Kier molecular flexibility index (Phi) is 2.72. The van der Waals surface area contributed by atoms with E-state index in [-0.39, 0.29) is 0 Å². The predicted molar refractivity (Wildman–Crippen MR) is 51.4 cm³/mol. The second-order valence-corrected chi connectivity index (χ2v) is 3.79. The van der Waals surface area contributed by atoms with Crippen LogP contribution in [0.25, 0.3) is 0 Å². The van der Waals surface area contributed by atoms with Gasteiger partial charge in [0.15, 0.2) is 6.19 Å². The van der Waals surface area contributed by atoms with Crippen molar-refractivity contribution >= 4 is 0 Å². The molecule has 0 bridgehead atoms. The number of hydrogen-bond donors (Lipinski definition) is 0. The zero-order chi connectivity index (χ0) is 10.0. The van der Waals surface area contributed by atoms with E-state index in [2.05, 4.69) is 25.0 Å². The van der Waals surface area contributed by atoms with Gasteiger partial charge in [-0.25, -0.2) is 9.55 Å². The van der Waals surface area contributed by atoms with E-state index >= 15 is 0 Å². The summed E-state index contributed by atoms with van der Waals surface area (Å²) in [7, 11) is 0. The summed E-state index contributed by atoms with van der Waals surface area (Å²) in [6.07, 6.45) is 3.96. The number of nitrogens with zero attached hydrogens (tertiary/aromatic N) is 3. The molecule has 70 valence electrons. The van der Waals surface area contributed by atoms with E-state index in [0.29, 0.717) is 11.8 Å². The van der Waals surface area contributed by atoms with Crippen molar-refractivity contribution < 1.29 is 0 Å². The third-order valence-electron chi connectivity index (χ3n) is 2.02. The van der Waals surface area contributed by atoms with Crippen LogP contribution in [0.3, 0.4) is 0 Å². The number of rotatable bonds is 2. The Morgan fingerprint density at radius 3 is 2.31 bits per heavy atom. The maximum Gasteiger partial charge on any atom is 0.190 e. The minimum absolute atomic E-state index is 0.298. The fraction of sp³-hybridized carbons (Fsp3) is 0.600. The SMILES string of the molecule is CC(C)c1cnc(C(C)C)n1C#N. The van der Waals surface area contributed by atoms with E-state index in [1.54, 1.807) is 10.8 Å². The van der Waals surface area contributed by atoms with Gasteiger partial charge in [0.05, 0.1) is 5.69 Å². The molecule has 0 aromatic carbocycles. The van der Waals surface area contributed by atoms with Crippen LogP contribution >= 0.6 is 0 Å². The second kappa shape index (κ2) is 3.61. The number of aromatic nitrogens is 2. The van der Waals surface area contributed by atoms with Crippen molar-refractivity contribution in [2.45, 2.75) is 39.5 Å². The lowest BCUT2D eigenvalue weighted by atomic mass is 10.1. The first-order valence-corrected chi connectivity index (χ1v) is 4.55. The summed E-state index contributed by atoms with van der Waals surface area (Å²) in [4.78, 5) is 4.25. The highest BCUT2D eigenvalue weighted by molar-refractivity contribution is 5.16. The first-order valence-electron chi connectivity index (χ1n) is 4.55. The van der Waals surface area contributed by atoms with Crippen LogP contribution < -0.4 is 0 Å². The number of imidazole rings is 1. The minimum atomic E-state index is 0.298. The van der Waals surface area contributed by atoms with Gasteiger partial charge in [-0.3, -0.25) is 0 Å². The van der Waals surface area contributed by atoms with E-state index in [1.165, 1.54) is 0 Å². The van der Waals surface area contributed by atoms with Crippen molar-refractivity contribution in [2.24, 2.45) is 0 Å².